The highest BCUT2D eigenvalue weighted by Gasteiger charge is 2.29. The third kappa shape index (κ3) is 1.82. The molecule has 1 aromatic carbocycles. The first-order chi connectivity index (χ1) is 8.63. The number of cyclic esters (lactones) is 2. The number of carbonyl (C=O) groups excluding carboxylic acids is 2. The Hall–Kier alpha value is -2.01. The molecule has 0 bridgehead atoms. The number of hydrogen-bond donors (Lipinski definition) is 0. The Kier molecular flexibility index (Phi) is 2.48. The number of ether oxygens (including phenoxy) is 1. The van der Waals surface area contributed by atoms with Gasteiger partial charge >= 0.3 is 11.9 Å². The summed E-state index contributed by atoms with van der Waals surface area (Å²) >= 11 is 1.37. The number of thiazole rings is 1. The smallest absolute Gasteiger partial charge is 0.365 e. The van der Waals surface area contributed by atoms with E-state index in [-0.39, 0.29) is 12.1 Å². The van der Waals surface area contributed by atoms with E-state index in [1.807, 2.05) is 31.2 Å². The first-order valence-corrected chi connectivity index (χ1v) is 6.27. The van der Waals surface area contributed by atoms with Gasteiger partial charge in [-0.1, -0.05) is 23.8 Å². The molecule has 2 aromatic rings. The Morgan fingerprint density at radius 3 is 2.94 bits per heavy atom. The van der Waals surface area contributed by atoms with Crippen molar-refractivity contribution in [2.45, 2.75) is 13.3 Å². The SMILES string of the molecule is Cc1cccc(-c2nc3c(s2)CC(=O)OC3=O)c1. The summed E-state index contributed by atoms with van der Waals surface area (Å²) in [7, 11) is 0. The third-order valence-corrected chi connectivity index (χ3v) is 3.77. The van der Waals surface area contributed by atoms with Gasteiger partial charge in [0, 0.05) is 5.56 Å². The topological polar surface area (TPSA) is 56.3 Å². The number of aromatic nitrogens is 1. The van der Waals surface area contributed by atoms with E-state index in [4.69, 9.17) is 0 Å². The van der Waals surface area contributed by atoms with E-state index in [0.29, 0.717) is 4.88 Å². The summed E-state index contributed by atoms with van der Waals surface area (Å²) in [6.07, 6.45) is 0.130. The number of fused-ring (bicyclic) bond motifs is 1. The van der Waals surface area contributed by atoms with E-state index >= 15 is 0 Å². The van der Waals surface area contributed by atoms with Crippen molar-refractivity contribution in [3.63, 3.8) is 0 Å². The summed E-state index contributed by atoms with van der Waals surface area (Å²) < 4.78 is 4.55. The van der Waals surface area contributed by atoms with Gasteiger partial charge in [-0.3, -0.25) is 4.79 Å². The molecule has 2 heterocycles. The van der Waals surface area contributed by atoms with Gasteiger partial charge in [0.25, 0.3) is 0 Å². The monoisotopic (exact) mass is 259 g/mol. The second-order valence-corrected chi connectivity index (χ2v) is 5.18. The zero-order chi connectivity index (χ0) is 12.7. The molecule has 90 valence electrons. The highest BCUT2D eigenvalue weighted by atomic mass is 32.1. The van der Waals surface area contributed by atoms with Crippen LogP contribution < -0.4 is 0 Å². The summed E-state index contributed by atoms with van der Waals surface area (Å²) in [6.45, 7) is 1.99. The summed E-state index contributed by atoms with van der Waals surface area (Å²) in [4.78, 5) is 27.6. The molecular weight excluding hydrogens is 250 g/mol. The molecule has 4 nitrogen and oxygen atoms in total. The molecule has 0 saturated carbocycles. The van der Waals surface area contributed by atoms with Crippen LogP contribution in [0.5, 0.6) is 0 Å². The Balaban J connectivity index is 2.08. The maximum absolute atomic E-state index is 11.5. The van der Waals surface area contributed by atoms with Crippen LogP contribution in [0.4, 0.5) is 0 Å². The number of hydrogen-bond acceptors (Lipinski definition) is 5. The minimum Gasteiger partial charge on any atom is -0.388 e. The summed E-state index contributed by atoms with van der Waals surface area (Å²) in [5.41, 5.74) is 2.35. The number of esters is 2. The standard InChI is InChI=1S/C13H9NO3S/c1-7-3-2-4-8(5-7)12-14-11-9(18-12)6-10(15)17-13(11)16/h2-5H,6H2,1H3. The van der Waals surface area contributed by atoms with Gasteiger partial charge in [-0.05, 0) is 13.0 Å². The van der Waals surface area contributed by atoms with Crippen molar-refractivity contribution in [1.82, 2.24) is 4.98 Å². The minimum absolute atomic E-state index is 0.130. The van der Waals surface area contributed by atoms with Gasteiger partial charge in [0.15, 0.2) is 5.69 Å². The predicted octanol–water partition coefficient (Wildman–Crippen LogP) is 2.36. The molecule has 0 spiro atoms. The fourth-order valence-electron chi connectivity index (χ4n) is 1.85. The number of rotatable bonds is 1. The van der Waals surface area contributed by atoms with Crippen molar-refractivity contribution in [2.24, 2.45) is 0 Å². The van der Waals surface area contributed by atoms with Crippen molar-refractivity contribution in [1.29, 1.82) is 0 Å². The molecule has 0 amide bonds. The van der Waals surface area contributed by atoms with Crippen LogP contribution in [0.15, 0.2) is 24.3 Å². The van der Waals surface area contributed by atoms with Gasteiger partial charge < -0.3 is 4.74 Å². The highest BCUT2D eigenvalue weighted by Crippen LogP contribution is 2.31. The zero-order valence-electron chi connectivity index (χ0n) is 9.60. The van der Waals surface area contributed by atoms with Crippen LogP contribution in [0.1, 0.15) is 20.9 Å². The second kappa shape index (κ2) is 4.03. The molecule has 18 heavy (non-hydrogen) atoms. The molecule has 0 unspecified atom stereocenters. The summed E-state index contributed by atoms with van der Waals surface area (Å²) in [5.74, 6) is -1.15. The van der Waals surface area contributed by atoms with E-state index in [0.717, 1.165) is 16.1 Å². The first kappa shape index (κ1) is 11.1. The maximum Gasteiger partial charge on any atom is 0.365 e. The predicted molar refractivity (Wildman–Crippen MR) is 66.4 cm³/mol. The van der Waals surface area contributed by atoms with Gasteiger partial charge in [-0.2, -0.15) is 0 Å². The second-order valence-electron chi connectivity index (χ2n) is 4.10. The number of carbonyl (C=O) groups is 2. The van der Waals surface area contributed by atoms with Crippen LogP contribution in [-0.2, 0) is 16.0 Å². The van der Waals surface area contributed by atoms with Crippen LogP contribution in [0.2, 0.25) is 0 Å². The van der Waals surface area contributed by atoms with Crippen LogP contribution in [0.25, 0.3) is 10.6 Å². The molecule has 1 aromatic heterocycles. The van der Waals surface area contributed by atoms with E-state index in [2.05, 4.69) is 9.72 Å². The van der Waals surface area contributed by atoms with Gasteiger partial charge in [0.05, 0.1) is 11.3 Å². The van der Waals surface area contributed by atoms with E-state index < -0.39 is 11.9 Å². The Bertz CT molecular complexity index is 660. The van der Waals surface area contributed by atoms with Crippen molar-refractivity contribution in [3.05, 3.63) is 40.4 Å². The average Bonchev–Trinajstić information content (AvgIpc) is 2.73. The fraction of sp³-hybridized carbons (Fsp3) is 0.154. The molecule has 0 fully saturated rings. The normalized spacial score (nSPS) is 14.3. The van der Waals surface area contributed by atoms with Gasteiger partial charge in [-0.25, -0.2) is 9.78 Å². The number of benzene rings is 1. The van der Waals surface area contributed by atoms with Crippen LogP contribution in [-0.4, -0.2) is 16.9 Å². The molecule has 0 saturated heterocycles. The quantitative estimate of drug-likeness (QED) is 0.582. The van der Waals surface area contributed by atoms with Crippen molar-refractivity contribution >= 4 is 23.3 Å². The van der Waals surface area contributed by atoms with Gasteiger partial charge in [-0.15, -0.1) is 11.3 Å². The first-order valence-electron chi connectivity index (χ1n) is 5.45. The Morgan fingerprint density at radius 1 is 1.33 bits per heavy atom. The lowest BCUT2D eigenvalue weighted by Gasteiger charge is -2.06. The minimum atomic E-state index is -0.642. The fourth-order valence-corrected chi connectivity index (χ4v) is 2.88. The summed E-state index contributed by atoms with van der Waals surface area (Å²) in [5, 5.41) is 0.746. The van der Waals surface area contributed by atoms with Crippen LogP contribution in [0, 0.1) is 6.92 Å². The zero-order valence-corrected chi connectivity index (χ0v) is 10.4. The lowest BCUT2D eigenvalue weighted by molar-refractivity contribution is -0.137. The molecule has 0 radical (unpaired) electrons. The van der Waals surface area contributed by atoms with Gasteiger partial charge in [0.2, 0.25) is 0 Å². The number of nitrogens with zero attached hydrogens (tertiary/aromatic N) is 1. The molecule has 1 aliphatic heterocycles. The van der Waals surface area contributed by atoms with E-state index in [1.54, 1.807) is 0 Å². The Morgan fingerprint density at radius 2 is 2.17 bits per heavy atom. The average molecular weight is 259 g/mol. The largest absolute Gasteiger partial charge is 0.388 e. The molecule has 0 N–H and O–H groups in total. The van der Waals surface area contributed by atoms with Crippen molar-refractivity contribution in [3.8, 4) is 10.6 Å². The summed E-state index contributed by atoms with van der Waals surface area (Å²) in [6, 6.07) is 7.87. The lowest BCUT2D eigenvalue weighted by atomic mass is 10.1. The van der Waals surface area contributed by atoms with Gasteiger partial charge in [0.1, 0.15) is 5.01 Å². The van der Waals surface area contributed by atoms with E-state index in [9.17, 15) is 9.59 Å². The number of aryl methyl sites for hydroxylation is 1. The molecule has 3 rings (SSSR count). The highest BCUT2D eigenvalue weighted by molar-refractivity contribution is 7.15. The van der Waals surface area contributed by atoms with Crippen LogP contribution in [0.3, 0.4) is 0 Å². The molecule has 5 heteroatoms. The molecule has 0 atom stereocenters. The molecule has 0 aliphatic carbocycles. The third-order valence-electron chi connectivity index (χ3n) is 2.67. The maximum atomic E-state index is 11.5. The van der Waals surface area contributed by atoms with Crippen molar-refractivity contribution in [2.75, 3.05) is 0 Å². The van der Waals surface area contributed by atoms with Crippen molar-refractivity contribution < 1.29 is 14.3 Å². The van der Waals surface area contributed by atoms with E-state index in [1.165, 1.54) is 11.3 Å². The molecular formula is C13H9NO3S. The lowest BCUT2D eigenvalue weighted by Crippen LogP contribution is -2.21. The van der Waals surface area contributed by atoms with Crippen LogP contribution >= 0.6 is 11.3 Å². The molecule has 1 aliphatic rings. The Labute approximate surface area is 107 Å².